The van der Waals surface area contributed by atoms with Crippen molar-refractivity contribution in [3.8, 4) is 5.75 Å². The minimum absolute atomic E-state index is 0.229. The minimum Gasteiger partial charge on any atom is -0.491 e. The van der Waals surface area contributed by atoms with E-state index < -0.39 is 6.10 Å². The zero-order valence-electron chi connectivity index (χ0n) is 11.8. The van der Waals surface area contributed by atoms with Gasteiger partial charge in [0.05, 0.1) is 6.10 Å². The Morgan fingerprint density at radius 1 is 1.48 bits per heavy atom. The molecule has 2 aromatic rings. The number of para-hydroxylation sites is 1. The number of tetrazole rings is 1. The third kappa shape index (κ3) is 4.57. The van der Waals surface area contributed by atoms with Gasteiger partial charge in [-0.2, -0.15) is 0 Å². The van der Waals surface area contributed by atoms with Gasteiger partial charge in [0, 0.05) is 12.8 Å². The van der Waals surface area contributed by atoms with Crippen LogP contribution < -0.4 is 4.74 Å². The normalized spacial score (nSPS) is 12.1. The molecule has 0 aliphatic rings. The fraction of sp³-hybridized carbons (Fsp3) is 0.357. The Morgan fingerprint density at radius 3 is 3.00 bits per heavy atom. The number of benzene rings is 1. The maximum atomic E-state index is 9.98. The van der Waals surface area contributed by atoms with Crippen molar-refractivity contribution >= 4 is 11.8 Å². The molecule has 1 aromatic heterocycles. The lowest BCUT2D eigenvalue weighted by Crippen LogP contribution is -2.20. The lowest BCUT2D eigenvalue weighted by molar-refractivity contribution is 0.126. The molecule has 0 fully saturated rings. The Hall–Kier alpha value is -1.86. The smallest absolute Gasteiger partial charge is 0.209 e. The number of allylic oxidation sites excluding steroid dienone is 1. The van der Waals surface area contributed by atoms with E-state index in [0.717, 1.165) is 17.7 Å². The Bertz CT molecular complexity index is 588. The Balaban J connectivity index is 1.82. The number of ether oxygens (including phenoxy) is 1. The second-order valence-electron chi connectivity index (χ2n) is 4.46. The van der Waals surface area contributed by atoms with Crippen LogP contribution in [0.5, 0.6) is 5.75 Å². The molecule has 0 aliphatic heterocycles. The Kier molecular flexibility index (Phi) is 5.77. The number of hydrogen-bond donors (Lipinski definition) is 1. The van der Waals surface area contributed by atoms with Crippen LogP contribution in [0.3, 0.4) is 0 Å². The summed E-state index contributed by atoms with van der Waals surface area (Å²) >= 11 is 1.39. The van der Waals surface area contributed by atoms with Crippen LogP contribution in [0.2, 0.25) is 0 Å². The number of aliphatic hydroxyl groups excluding tert-OH is 1. The Morgan fingerprint density at radius 2 is 2.29 bits per heavy atom. The molecule has 0 aliphatic carbocycles. The van der Waals surface area contributed by atoms with E-state index in [9.17, 15) is 5.11 Å². The van der Waals surface area contributed by atoms with Crippen molar-refractivity contribution in [1.82, 2.24) is 20.2 Å². The molecule has 21 heavy (non-hydrogen) atoms. The first-order chi connectivity index (χ1) is 10.2. The zero-order chi connectivity index (χ0) is 15.1. The molecule has 2 rings (SSSR count). The molecule has 6 nitrogen and oxygen atoms in total. The van der Waals surface area contributed by atoms with Gasteiger partial charge in [-0.25, -0.2) is 4.68 Å². The molecule has 7 heteroatoms. The zero-order valence-corrected chi connectivity index (χ0v) is 12.7. The summed E-state index contributed by atoms with van der Waals surface area (Å²) in [5.74, 6) is 1.25. The monoisotopic (exact) mass is 306 g/mol. The maximum absolute atomic E-state index is 9.98. The summed E-state index contributed by atoms with van der Waals surface area (Å²) in [6.45, 7) is 3.96. The SMILES string of the molecule is C=CCc1ccccc1OCC(O)CSc1nnnn1C. The van der Waals surface area contributed by atoms with Crippen LogP contribution in [0.4, 0.5) is 0 Å². The number of aromatic nitrogens is 4. The van der Waals surface area contributed by atoms with Crippen LogP contribution in [0.25, 0.3) is 0 Å². The van der Waals surface area contributed by atoms with E-state index in [0.29, 0.717) is 10.9 Å². The molecule has 1 atom stereocenters. The molecule has 1 aromatic carbocycles. The van der Waals surface area contributed by atoms with Crippen molar-refractivity contribution in [2.24, 2.45) is 7.05 Å². The summed E-state index contributed by atoms with van der Waals surface area (Å²) in [6, 6.07) is 7.75. The molecule has 0 spiro atoms. The number of nitrogens with zero attached hydrogens (tertiary/aromatic N) is 4. The third-order valence-corrected chi connectivity index (χ3v) is 3.91. The molecule has 0 radical (unpaired) electrons. The predicted octanol–water partition coefficient (Wildman–Crippen LogP) is 1.47. The molecule has 0 amide bonds. The lowest BCUT2D eigenvalue weighted by atomic mass is 10.1. The second-order valence-corrected chi connectivity index (χ2v) is 5.45. The van der Waals surface area contributed by atoms with Gasteiger partial charge >= 0.3 is 0 Å². The standard InChI is InChI=1S/C14H18N4O2S/c1-3-6-11-7-4-5-8-13(11)20-9-12(19)10-21-14-15-16-17-18(14)2/h3-5,7-8,12,19H,1,6,9-10H2,2H3. The van der Waals surface area contributed by atoms with E-state index >= 15 is 0 Å². The van der Waals surface area contributed by atoms with Gasteiger partial charge in [-0.1, -0.05) is 36.0 Å². The predicted molar refractivity (Wildman–Crippen MR) is 81.4 cm³/mol. The average molecular weight is 306 g/mol. The van der Waals surface area contributed by atoms with Crippen molar-refractivity contribution in [1.29, 1.82) is 0 Å². The summed E-state index contributed by atoms with van der Waals surface area (Å²) in [7, 11) is 1.76. The minimum atomic E-state index is -0.594. The van der Waals surface area contributed by atoms with E-state index in [1.54, 1.807) is 11.7 Å². The molecular formula is C14H18N4O2S. The molecule has 0 saturated carbocycles. The fourth-order valence-electron chi connectivity index (χ4n) is 1.72. The number of hydrogen-bond acceptors (Lipinski definition) is 6. The fourth-order valence-corrected chi connectivity index (χ4v) is 2.47. The number of rotatable bonds is 8. The first kappa shape index (κ1) is 15.5. The molecule has 1 heterocycles. The van der Waals surface area contributed by atoms with Crippen molar-refractivity contribution < 1.29 is 9.84 Å². The summed E-state index contributed by atoms with van der Waals surface area (Å²) in [4.78, 5) is 0. The van der Waals surface area contributed by atoms with Crippen molar-refractivity contribution in [2.75, 3.05) is 12.4 Å². The molecule has 1 N–H and O–H groups in total. The van der Waals surface area contributed by atoms with E-state index in [1.807, 2.05) is 30.3 Å². The van der Waals surface area contributed by atoms with Crippen molar-refractivity contribution in [3.63, 3.8) is 0 Å². The van der Waals surface area contributed by atoms with E-state index in [2.05, 4.69) is 22.1 Å². The number of aliphatic hydroxyl groups is 1. The molecule has 0 saturated heterocycles. The highest BCUT2D eigenvalue weighted by Crippen LogP contribution is 2.20. The van der Waals surface area contributed by atoms with E-state index in [4.69, 9.17) is 4.74 Å². The van der Waals surface area contributed by atoms with Crippen LogP contribution in [0.1, 0.15) is 5.56 Å². The Labute approximate surface area is 127 Å². The highest BCUT2D eigenvalue weighted by Gasteiger charge is 2.11. The topological polar surface area (TPSA) is 73.1 Å². The van der Waals surface area contributed by atoms with Crippen molar-refractivity contribution in [2.45, 2.75) is 17.7 Å². The second kappa shape index (κ2) is 7.80. The van der Waals surface area contributed by atoms with Gasteiger partial charge in [-0.15, -0.1) is 11.7 Å². The van der Waals surface area contributed by atoms with Gasteiger partial charge in [0.1, 0.15) is 12.4 Å². The summed E-state index contributed by atoms with van der Waals surface area (Å²) in [5.41, 5.74) is 1.06. The highest BCUT2D eigenvalue weighted by atomic mass is 32.2. The number of aryl methyl sites for hydroxylation is 1. The van der Waals surface area contributed by atoms with Gasteiger partial charge in [-0.3, -0.25) is 0 Å². The van der Waals surface area contributed by atoms with Crippen LogP contribution in [0, 0.1) is 0 Å². The van der Waals surface area contributed by atoms with E-state index in [-0.39, 0.29) is 6.61 Å². The molecule has 112 valence electrons. The van der Waals surface area contributed by atoms with Crippen LogP contribution in [-0.4, -0.2) is 43.8 Å². The van der Waals surface area contributed by atoms with Gasteiger partial charge in [0.15, 0.2) is 0 Å². The molecular weight excluding hydrogens is 288 g/mol. The first-order valence-corrected chi connectivity index (χ1v) is 7.54. The van der Waals surface area contributed by atoms with Gasteiger partial charge in [0.2, 0.25) is 5.16 Å². The molecule has 1 unspecified atom stereocenters. The maximum Gasteiger partial charge on any atom is 0.209 e. The first-order valence-electron chi connectivity index (χ1n) is 6.55. The largest absolute Gasteiger partial charge is 0.491 e. The third-order valence-electron chi connectivity index (χ3n) is 2.75. The number of thioether (sulfide) groups is 1. The molecule has 0 bridgehead atoms. The van der Waals surface area contributed by atoms with Gasteiger partial charge < -0.3 is 9.84 Å². The van der Waals surface area contributed by atoms with Gasteiger partial charge in [-0.05, 0) is 28.5 Å². The highest BCUT2D eigenvalue weighted by molar-refractivity contribution is 7.99. The van der Waals surface area contributed by atoms with Gasteiger partial charge in [0.25, 0.3) is 0 Å². The quantitative estimate of drug-likeness (QED) is 0.588. The summed E-state index contributed by atoms with van der Waals surface area (Å²) in [6.07, 6.45) is 1.98. The van der Waals surface area contributed by atoms with E-state index in [1.165, 1.54) is 11.8 Å². The van der Waals surface area contributed by atoms with Crippen LogP contribution in [-0.2, 0) is 13.5 Å². The van der Waals surface area contributed by atoms with Crippen LogP contribution >= 0.6 is 11.8 Å². The lowest BCUT2D eigenvalue weighted by Gasteiger charge is -2.14. The van der Waals surface area contributed by atoms with Crippen molar-refractivity contribution in [3.05, 3.63) is 42.5 Å². The summed E-state index contributed by atoms with van der Waals surface area (Å²) in [5, 5.41) is 21.8. The average Bonchev–Trinajstić information content (AvgIpc) is 2.90. The van der Waals surface area contributed by atoms with Crippen LogP contribution in [0.15, 0.2) is 42.1 Å². The summed E-state index contributed by atoms with van der Waals surface area (Å²) < 4.78 is 7.25.